The molecule has 106 valence electrons. The molecular formula is C12H16ClNO4S. The van der Waals surface area contributed by atoms with Gasteiger partial charge < -0.3 is 10.1 Å². The minimum atomic E-state index is -3.77. The van der Waals surface area contributed by atoms with Gasteiger partial charge in [0.05, 0.1) is 17.9 Å². The number of amides is 1. The van der Waals surface area contributed by atoms with E-state index >= 15 is 0 Å². The van der Waals surface area contributed by atoms with E-state index in [2.05, 4.69) is 5.32 Å². The van der Waals surface area contributed by atoms with Crippen LogP contribution < -0.4 is 10.1 Å². The predicted octanol–water partition coefficient (Wildman–Crippen LogP) is 1.75. The molecule has 0 fully saturated rings. The molecule has 1 aromatic carbocycles. The largest absolute Gasteiger partial charge is 0.493 e. The average molecular weight is 306 g/mol. The molecule has 1 amide bonds. The second kappa shape index (κ2) is 6.25. The maximum atomic E-state index is 11.4. The lowest BCUT2D eigenvalue weighted by atomic mass is 10.1. The van der Waals surface area contributed by atoms with Gasteiger partial charge in [0.1, 0.15) is 5.75 Å². The molecule has 0 aliphatic carbocycles. The van der Waals surface area contributed by atoms with Crippen molar-refractivity contribution < 1.29 is 17.9 Å². The molecular weight excluding hydrogens is 290 g/mol. The van der Waals surface area contributed by atoms with Crippen LogP contribution in [0, 0.1) is 13.8 Å². The highest BCUT2D eigenvalue weighted by Crippen LogP contribution is 2.28. The zero-order valence-electron chi connectivity index (χ0n) is 11.0. The molecule has 1 rings (SSSR count). The monoisotopic (exact) mass is 305 g/mol. The Labute approximate surface area is 117 Å². The summed E-state index contributed by atoms with van der Waals surface area (Å²) >= 11 is 0. The van der Waals surface area contributed by atoms with Crippen LogP contribution in [0.25, 0.3) is 0 Å². The Bertz CT molecular complexity index is 560. The van der Waals surface area contributed by atoms with E-state index in [0.29, 0.717) is 16.9 Å². The second-order valence-electron chi connectivity index (χ2n) is 4.10. The van der Waals surface area contributed by atoms with Gasteiger partial charge in [-0.15, -0.1) is 0 Å². The van der Waals surface area contributed by atoms with Crippen molar-refractivity contribution in [3.05, 3.63) is 23.3 Å². The number of aryl methyl sites for hydroxylation is 2. The van der Waals surface area contributed by atoms with E-state index in [9.17, 15) is 13.2 Å². The van der Waals surface area contributed by atoms with E-state index in [0.717, 1.165) is 0 Å². The van der Waals surface area contributed by atoms with Crippen LogP contribution in [0.5, 0.6) is 5.75 Å². The van der Waals surface area contributed by atoms with Crippen LogP contribution in [0.4, 0.5) is 0 Å². The summed E-state index contributed by atoms with van der Waals surface area (Å²) in [6.07, 6.45) is 0.240. The predicted molar refractivity (Wildman–Crippen MR) is 73.1 cm³/mol. The molecule has 7 heteroatoms. The van der Waals surface area contributed by atoms with Crippen molar-refractivity contribution in [2.24, 2.45) is 0 Å². The number of benzene rings is 1. The van der Waals surface area contributed by atoms with Gasteiger partial charge in [-0.1, -0.05) is 0 Å². The van der Waals surface area contributed by atoms with Gasteiger partial charge in [0.2, 0.25) is 5.91 Å². The highest BCUT2D eigenvalue weighted by molar-refractivity contribution is 8.13. The van der Waals surface area contributed by atoms with Crippen LogP contribution in [-0.2, 0) is 13.8 Å². The zero-order chi connectivity index (χ0) is 14.6. The van der Waals surface area contributed by atoms with Gasteiger partial charge in [-0.25, -0.2) is 8.42 Å². The molecule has 0 radical (unpaired) electrons. The molecule has 0 bridgehead atoms. The number of carbonyl (C=O) groups excluding carboxylic acids is 1. The molecule has 1 N–H and O–H groups in total. The van der Waals surface area contributed by atoms with Crippen LogP contribution in [0.3, 0.4) is 0 Å². The first-order chi connectivity index (χ1) is 8.75. The summed E-state index contributed by atoms with van der Waals surface area (Å²) in [5.41, 5.74) is 1.04. The summed E-state index contributed by atoms with van der Waals surface area (Å²) in [6.45, 7) is 3.52. The minimum absolute atomic E-state index is 0.104. The van der Waals surface area contributed by atoms with E-state index in [4.69, 9.17) is 15.4 Å². The number of hydrogen-bond donors (Lipinski definition) is 1. The smallest absolute Gasteiger partial charge is 0.261 e. The molecule has 0 saturated carbocycles. The van der Waals surface area contributed by atoms with Gasteiger partial charge in [0.15, 0.2) is 0 Å². The number of carbonyl (C=O) groups is 1. The van der Waals surface area contributed by atoms with E-state index in [-0.39, 0.29) is 23.8 Å². The third-order valence-electron chi connectivity index (χ3n) is 2.55. The Kier molecular flexibility index (Phi) is 5.20. The van der Waals surface area contributed by atoms with Crippen molar-refractivity contribution in [1.29, 1.82) is 0 Å². The van der Waals surface area contributed by atoms with Crippen LogP contribution in [0.15, 0.2) is 17.0 Å². The van der Waals surface area contributed by atoms with Crippen molar-refractivity contribution in [3.8, 4) is 5.75 Å². The van der Waals surface area contributed by atoms with Gasteiger partial charge in [-0.2, -0.15) is 0 Å². The SMILES string of the molecule is CNC(=O)CCOc1cc(C)c(S(=O)(=O)Cl)c(C)c1. The molecule has 0 spiro atoms. The maximum Gasteiger partial charge on any atom is 0.261 e. The maximum absolute atomic E-state index is 11.4. The first-order valence-electron chi connectivity index (χ1n) is 5.65. The molecule has 0 aliphatic heterocycles. The molecule has 1 aromatic rings. The molecule has 0 saturated heterocycles. The zero-order valence-corrected chi connectivity index (χ0v) is 12.6. The standard InChI is InChI=1S/C12H16ClNO4S/c1-8-6-10(18-5-4-11(15)14-3)7-9(2)12(8)19(13,16)17/h6-7H,4-5H2,1-3H3,(H,14,15). The number of ether oxygens (including phenoxy) is 1. The Morgan fingerprint density at radius 3 is 2.26 bits per heavy atom. The fourth-order valence-corrected chi connectivity index (χ4v) is 3.38. The molecule has 5 nitrogen and oxygen atoms in total. The number of nitrogens with one attached hydrogen (secondary N) is 1. The normalized spacial score (nSPS) is 11.2. The highest BCUT2D eigenvalue weighted by Gasteiger charge is 2.17. The third kappa shape index (κ3) is 4.40. The topological polar surface area (TPSA) is 72.5 Å². The Morgan fingerprint density at radius 2 is 1.84 bits per heavy atom. The molecule has 0 aromatic heterocycles. The lowest BCUT2D eigenvalue weighted by molar-refractivity contribution is -0.121. The van der Waals surface area contributed by atoms with Crippen molar-refractivity contribution in [2.75, 3.05) is 13.7 Å². The Balaban J connectivity index is 2.87. The number of halogens is 1. The fourth-order valence-electron chi connectivity index (χ4n) is 1.77. The minimum Gasteiger partial charge on any atom is -0.493 e. The van der Waals surface area contributed by atoms with Crippen molar-refractivity contribution in [2.45, 2.75) is 25.2 Å². The van der Waals surface area contributed by atoms with Crippen LogP contribution in [0.2, 0.25) is 0 Å². The van der Waals surface area contributed by atoms with Gasteiger partial charge >= 0.3 is 0 Å². The lowest BCUT2D eigenvalue weighted by Crippen LogP contribution is -2.20. The second-order valence-corrected chi connectivity index (χ2v) is 6.60. The van der Waals surface area contributed by atoms with E-state index in [1.807, 2.05) is 0 Å². The Morgan fingerprint density at radius 1 is 1.32 bits per heavy atom. The summed E-state index contributed by atoms with van der Waals surface area (Å²) < 4.78 is 28.2. The van der Waals surface area contributed by atoms with E-state index in [1.54, 1.807) is 33.0 Å². The van der Waals surface area contributed by atoms with Crippen LogP contribution in [0.1, 0.15) is 17.5 Å². The first kappa shape index (κ1) is 15.8. The highest BCUT2D eigenvalue weighted by atomic mass is 35.7. The van der Waals surface area contributed by atoms with Crippen LogP contribution in [-0.4, -0.2) is 28.0 Å². The van der Waals surface area contributed by atoms with E-state index in [1.165, 1.54) is 0 Å². The third-order valence-corrected chi connectivity index (χ3v) is 4.15. The number of hydrogen-bond acceptors (Lipinski definition) is 4. The van der Waals surface area contributed by atoms with Gasteiger partial charge in [-0.05, 0) is 37.1 Å². The average Bonchev–Trinajstić information content (AvgIpc) is 2.25. The van der Waals surface area contributed by atoms with Crippen LogP contribution >= 0.6 is 10.7 Å². The lowest BCUT2D eigenvalue weighted by Gasteiger charge is -2.11. The van der Waals surface area contributed by atoms with Gasteiger partial charge in [-0.3, -0.25) is 4.79 Å². The fraction of sp³-hybridized carbons (Fsp3) is 0.417. The molecule has 0 unspecified atom stereocenters. The van der Waals surface area contributed by atoms with Crippen molar-refractivity contribution in [1.82, 2.24) is 5.32 Å². The molecule has 0 atom stereocenters. The summed E-state index contributed by atoms with van der Waals surface area (Å²) in [7, 11) is 3.15. The number of rotatable bonds is 5. The van der Waals surface area contributed by atoms with Crippen molar-refractivity contribution in [3.63, 3.8) is 0 Å². The summed E-state index contributed by atoms with van der Waals surface area (Å²) in [5.74, 6) is 0.399. The molecule has 0 heterocycles. The van der Waals surface area contributed by atoms with E-state index < -0.39 is 9.05 Å². The van der Waals surface area contributed by atoms with Gasteiger partial charge in [0, 0.05) is 17.7 Å². The quantitative estimate of drug-likeness (QED) is 0.841. The summed E-state index contributed by atoms with van der Waals surface area (Å²) in [4.78, 5) is 11.1. The first-order valence-corrected chi connectivity index (χ1v) is 7.96. The molecule has 0 aliphatic rings. The summed E-state index contributed by atoms with van der Waals surface area (Å²) in [5, 5.41) is 2.49. The Hall–Kier alpha value is -1.27. The summed E-state index contributed by atoms with van der Waals surface area (Å²) in [6, 6.07) is 3.18. The molecule has 19 heavy (non-hydrogen) atoms. The van der Waals surface area contributed by atoms with Crippen molar-refractivity contribution >= 4 is 25.6 Å². The van der Waals surface area contributed by atoms with Gasteiger partial charge in [0.25, 0.3) is 9.05 Å².